The Morgan fingerprint density at radius 3 is 2.70 bits per heavy atom. The lowest BCUT2D eigenvalue weighted by Crippen LogP contribution is -2.56. The molecule has 2 saturated carbocycles. The SMILES string of the molecule is O=C(O)CC1CC2(C1)CC(NC(=O)c1cc(Cl)cc3cnn(Cc4ccc(I)c(F)c4)c13)C2. The van der Waals surface area contributed by atoms with Gasteiger partial charge in [0.1, 0.15) is 5.82 Å². The molecular weight excluding hydrogens is 560 g/mol. The van der Waals surface area contributed by atoms with E-state index < -0.39 is 5.97 Å². The minimum atomic E-state index is -0.742. The van der Waals surface area contributed by atoms with E-state index in [4.69, 9.17) is 16.7 Å². The van der Waals surface area contributed by atoms with Gasteiger partial charge >= 0.3 is 5.97 Å². The highest BCUT2D eigenvalue weighted by Gasteiger charge is 2.53. The summed E-state index contributed by atoms with van der Waals surface area (Å²) in [6, 6.07) is 8.52. The Hall–Kier alpha value is -2.20. The number of carboxylic acids is 1. The average Bonchev–Trinajstić information content (AvgIpc) is 3.08. The summed E-state index contributed by atoms with van der Waals surface area (Å²) in [5, 5.41) is 17.7. The summed E-state index contributed by atoms with van der Waals surface area (Å²) in [4.78, 5) is 24.1. The minimum absolute atomic E-state index is 0.0685. The molecule has 0 unspecified atom stereocenters. The van der Waals surface area contributed by atoms with Gasteiger partial charge in [0.05, 0.1) is 23.8 Å². The molecule has 0 saturated heterocycles. The molecule has 1 amide bonds. The zero-order valence-electron chi connectivity index (χ0n) is 17.7. The molecule has 1 aromatic heterocycles. The van der Waals surface area contributed by atoms with Crippen LogP contribution in [0.5, 0.6) is 0 Å². The molecule has 2 aliphatic rings. The number of carbonyl (C=O) groups excluding carboxylic acids is 1. The van der Waals surface area contributed by atoms with E-state index in [2.05, 4.69) is 10.4 Å². The summed E-state index contributed by atoms with van der Waals surface area (Å²) in [5.74, 6) is -0.980. The molecule has 3 aromatic rings. The van der Waals surface area contributed by atoms with Crippen molar-refractivity contribution in [3.8, 4) is 0 Å². The maximum Gasteiger partial charge on any atom is 0.303 e. The largest absolute Gasteiger partial charge is 0.481 e. The van der Waals surface area contributed by atoms with Gasteiger partial charge < -0.3 is 10.4 Å². The van der Waals surface area contributed by atoms with Crippen molar-refractivity contribution in [1.82, 2.24) is 15.1 Å². The number of aliphatic carboxylic acids is 1. The number of benzene rings is 2. The summed E-state index contributed by atoms with van der Waals surface area (Å²) in [6.45, 7) is 0.330. The van der Waals surface area contributed by atoms with E-state index in [9.17, 15) is 14.0 Å². The first kappa shape index (κ1) is 22.6. The number of amides is 1. The van der Waals surface area contributed by atoms with Gasteiger partial charge in [0.25, 0.3) is 5.91 Å². The van der Waals surface area contributed by atoms with E-state index >= 15 is 0 Å². The average molecular weight is 582 g/mol. The topological polar surface area (TPSA) is 84.2 Å². The van der Waals surface area contributed by atoms with Gasteiger partial charge in [-0.25, -0.2) is 4.39 Å². The van der Waals surface area contributed by atoms with E-state index in [1.165, 1.54) is 6.07 Å². The normalized spacial score (nSPS) is 23.8. The van der Waals surface area contributed by atoms with Gasteiger partial charge in [0, 0.05) is 26.4 Å². The fraction of sp³-hybridized carbons (Fsp3) is 0.375. The van der Waals surface area contributed by atoms with Gasteiger partial charge in [0.15, 0.2) is 0 Å². The first-order valence-corrected chi connectivity index (χ1v) is 12.3. The maximum absolute atomic E-state index is 14.0. The molecule has 2 aliphatic carbocycles. The predicted octanol–water partition coefficient (Wildman–Crippen LogP) is 5.25. The molecule has 9 heteroatoms. The third-order valence-corrected chi connectivity index (χ3v) is 7.95. The Morgan fingerprint density at radius 2 is 2.00 bits per heavy atom. The number of aromatic nitrogens is 2. The molecule has 0 radical (unpaired) electrons. The number of fused-ring (bicyclic) bond motifs is 1. The molecule has 1 spiro atoms. The van der Waals surface area contributed by atoms with Crippen molar-refractivity contribution in [2.75, 3.05) is 0 Å². The number of carbonyl (C=O) groups is 2. The van der Waals surface area contributed by atoms with E-state index in [1.807, 2.05) is 28.7 Å². The summed E-state index contributed by atoms with van der Waals surface area (Å²) in [7, 11) is 0. The maximum atomic E-state index is 14.0. The standard InChI is InChI=1S/C24H22ClFIN3O3/c25-16-5-15-11-28-30(12-13-1-2-20(27)19(26)3-13)22(15)18(6-16)23(33)29-17-9-24(10-17)7-14(8-24)4-21(31)32/h1-3,5-6,11,14,17H,4,7-10,12H2,(H,29,33)(H,31,32). The lowest BCUT2D eigenvalue weighted by atomic mass is 9.49. The molecule has 2 aromatic carbocycles. The van der Waals surface area contributed by atoms with Crippen molar-refractivity contribution in [1.29, 1.82) is 0 Å². The molecule has 6 nitrogen and oxygen atoms in total. The monoisotopic (exact) mass is 581 g/mol. The van der Waals surface area contributed by atoms with Crippen molar-refractivity contribution in [2.45, 2.75) is 44.7 Å². The highest BCUT2D eigenvalue weighted by molar-refractivity contribution is 14.1. The van der Waals surface area contributed by atoms with Gasteiger partial charge in [-0.2, -0.15) is 5.10 Å². The van der Waals surface area contributed by atoms with Crippen LogP contribution in [0.3, 0.4) is 0 Å². The van der Waals surface area contributed by atoms with Crippen molar-refractivity contribution < 1.29 is 19.1 Å². The van der Waals surface area contributed by atoms with Gasteiger partial charge in [-0.3, -0.25) is 14.3 Å². The number of rotatable bonds is 6. The molecular formula is C24H22ClFIN3O3. The highest BCUT2D eigenvalue weighted by Crippen LogP contribution is 2.59. The predicted molar refractivity (Wildman–Crippen MR) is 131 cm³/mol. The lowest BCUT2D eigenvalue weighted by molar-refractivity contribution is -0.142. The summed E-state index contributed by atoms with van der Waals surface area (Å²) < 4.78 is 16.3. The Bertz CT molecular complexity index is 1260. The molecule has 0 aliphatic heterocycles. The van der Waals surface area contributed by atoms with E-state index in [0.717, 1.165) is 36.6 Å². The van der Waals surface area contributed by atoms with Crippen LogP contribution in [0.1, 0.15) is 48.0 Å². The number of nitrogens with zero attached hydrogens (tertiary/aromatic N) is 2. The van der Waals surface area contributed by atoms with Crippen LogP contribution in [0.25, 0.3) is 10.9 Å². The minimum Gasteiger partial charge on any atom is -0.481 e. The van der Waals surface area contributed by atoms with Crippen LogP contribution in [0, 0.1) is 20.7 Å². The molecule has 33 heavy (non-hydrogen) atoms. The van der Waals surface area contributed by atoms with Crippen LogP contribution in [-0.4, -0.2) is 32.8 Å². The first-order chi connectivity index (χ1) is 15.7. The third kappa shape index (κ3) is 4.47. The van der Waals surface area contributed by atoms with Gasteiger partial charge in [-0.05, 0) is 89.4 Å². The number of carboxylic acid groups (broad SMARTS) is 1. The molecule has 172 valence electrons. The first-order valence-electron chi connectivity index (χ1n) is 10.8. The Morgan fingerprint density at radius 1 is 1.24 bits per heavy atom. The lowest BCUT2D eigenvalue weighted by Gasteiger charge is -2.57. The summed E-state index contributed by atoms with van der Waals surface area (Å²) in [6.07, 6.45) is 5.49. The quantitative estimate of drug-likeness (QED) is 0.390. The molecule has 0 bridgehead atoms. The third-order valence-electron chi connectivity index (χ3n) is 6.86. The second-order valence-electron chi connectivity index (χ2n) is 9.39. The van der Waals surface area contributed by atoms with Gasteiger partial charge in [-0.15, -0.1) is 0 Å². The van der Waals surface area contributed by atoms with Crippen LogP contribution in [0.4, 0.5) is 4.39 Å². The van der Waals surface area contributed by atoms with E-state index in [1.54, 1.807) is 29.1 Å². The van der Waals surface area contributed by atoms with Crippen LogP contribution >= 0.6 is 34.2 Å². The van der Waals surface area contributed by atoms with Crippen LogP contribution in [0.15, 0.2) is 36.5 Å². The smallest absolute Gasteiger partial charge is 0.303 e. The Kier molecular flexibility index (Phi) is 5.84. The van der Waals surface area contributed by atoms with Gasteiger partial charge in [0.2, 0.25) is 0 Å². The number of nitrogens with one attached hydrogen (secondary N) is 1. The van der Waals surface area contributed by atoms with Gasteiger partial charge in [-0.1, -0.05) is 17.7 Å². The fourth-order valence-corrected chi connectivity index (χ4v) is 6.10. The summed E-state index contributed by atoms with van der Waals surface area (Å²) in [5.41, 5.74) is 2.05. The molecule has 1 heterocycles. The highest BCUT2D eigenvalue weighted by atomic mass is 127. The van der Waals surface area contributed by atoms with Crippen LogP contribution < -0.4 is 5.32 Å². The zero-order valence-corrected chi connectivity index (χ0v) is 20.6. The van der Waals surface area contributed by atoms with Crippen LogP contribution in [0.2, 0.25) is 5.02 Å². The van der Waals surface area contributed by atoms with E-state index in [-0.39, 0.29) is 35.5 Å². The molecule has 2 fully saturated rings. The number of hydrogen-bond donors (Lipinski definition) is 2. The second-order valence-corrected chi connectivity index (χ2v) is 11.0. The fourth-order valence-electron chi connectivity index (χ4n) is 5.54. The summed E-state index contributed by atoms with van der Waals surface area (Å²) >= 11 is 8.23. The zero-order chi connectivity index (χ0) is 23.3. The number of hydrogen-bond acceptors (Lipinski definition) is 3. The Balaban J connectivity index is 1.32. The van der Waals surface area contributed by atoms with Crippen LogP contribution in [-0.2, 0) is 11.3 Å². The van der Waals surface area contributed by atoms with E-state index in [0.29, 0.717) is 26.2 Å². The number of halogens is 3. The van der Waals surface area contributed by atoms with Crippen molar-refractivity contribution in [3.63, 3.8) is 0 Å². The van der Waals surface area contributed by atoms with Crippen molar-refractivity contribution >= 4 is 57.0 Å². The molecule has 5 rings (SSSR count). The molecule has 2 N–H and O–H groups in total. The van der Waals surface area contributed by atoms with Crippen molar-refractivity contribution in [3.05, 3.63) is 62.1 Å². The molecule has 0 atom stereocenters. The van der Waals surface area contributed by atoms with Crippen molar-refractivity contribution in [2.24, 2.45) is 11.3 Å². The Labute approximate surface area is 208 Å². The second kappa shape index (κ2) is 8.54.